The van der Waals surface area contributed by atoms with Gasteiger partial charge in [0.1, 0.15) is 5.82 Å². The van der Waals surface area contributed by atoms with E-state index in [2.05, 4.69) is 5.32 Å². The van der Waals surface area contributed by atoms with Gasteiger partial charge in [-0.05, 0) is 48.3 Å². The Morgan fingerprint density at radius 1 is 1.22 bits per heavy atom. The molecule has 0 radical (unpaired) electrons. The molecule has 0 fully saturated rings. The second-order valence-corrected chi connectivity index (χ2v) is 5.99. The maximum absolute atomic E-state index is 13.8. The summed E-state index contributed by atoms with van der Waals surface area (Å²) in [6.45, 7) is 0.380. The largest absolute Gasteiger partial charge is 0.389 e. The molecule has 0 spiro atoms. The molecule has 0 amide bonds. The summed E-state index contributed by atoms with van der Waals surface area (Å²) in [5.41, 5.74) is 1.62. The molecular formula is C18H18ClFN2O. The Labute approximate surface area is 139 Å². The van der Waals surface area contributed by atoms with E-state index in [0.29, 0.717) is 17.1 Å². The molecule has 120 valence electrons. The van der Waals surface area contributed by atoms with Gasteiger partial charge in [0.25, 0.3) is 0 Å². The summed E-state index contributed by atoms with van der Waals surface area (Å²) in [6.07, 6.45) is 1.18. The summed E-state index contributed by atoms with van der Waals surface area (Å²) in [5.74, 6) is -0.411. The van der Waals surface area contributed by atoms with Crippen molar-refractivity contribution in [1.29, 1.82) is 0 Å². The second-order valence-electron chi connectivity index (χ2n) is 5.55. The Kier molecular flexibility index (Phi) is 4.66. The van der Waals surface area contributed by atoms with Crippen molar-refractivity contribution in [2.75, 3.05) is 13.6 Å². The number of aromatic nitrogens is 1. The average Bonchev–Trinajstić information content (AvgIpc) is 2.91. The normalized spacial score (nSPS) is 14.1. The number of aliphatic hydroxyl groups excluding tert-OH is 1. The number of hydrogen-bond donors (Lipinski definition) is 2. The SMILES string of the molecule is CNC[C@@H](O)[C@H](c1cc(F)cc(Cl)c1)n1ccc2ccccc21. The highest BCUT2D eigenvalue weighted by Gasteiger charge is 2.24. The zero-order valence-corrected chi connectivity index (χ0v) is 13.5. The minimum atomic E-state index is -0.728. The summed E-state index contributed by atoms with van der Waals surface area (Å²) in [4.78, 5) is 0. The van der Waals surface area contributed by atoms with Gasteiger partial charge in [-0.15, -0.1) is 0 Å². The molecule has 0 aliphatic heterocycles. The van der Waals surface area contributed by atoms with Crippen LogP contribution in [0.5, 0.6) is 0 Å². The molecule has 0 saturated carbocycles. The van der Waals surface area contributed by atoms with Crippen LogP contribution < -0.4 is 5.32 Å². The molecule has 23 heavy (non-hydrogen) atoms. The van der Waals surface area contributed by atoms with E-state index in [1.807, 2.05) is 41.1 Å². The van der Waals surface area contributed by atoms with Crippen molar-refractivity contribution < 1.29 is 9.50 Å². The lowest BCUT2D eigenvalue weighted by molar-refractivity contribution is 0.132. The Morgan fingerprint density at radius 2 is 2.00 bits per heavy atom. The van der Waals surface area contributed by atoms with E-state index in [1.165, 1.54) is 12.1 Å². The lowest BCUT2D eigenvalue weighted by Gasteiger charge is -2.26. The third-order valence-corrected chi connectivity index (χ3v) is 4.15. The van der Waals surface area contributed by atoms with Crippen molar-refractivity contribution in [3.8, 4) is 0 Å². The molecule has 3 rings (SSSR count). The molecular weight excluding hydrogens is 315 g/mol. The molecule has 2 atom stereocenters. The third-order valence-electron chi connectivity index (χ3n) is 3.93. The van der Waals surface area contributed by atoms with Crippen LogP contribution in [-0.4, -0.2) is 29.4 Å². The van der Waals surface area contributed by atoms with E-state index in [4.69, 9.17) is 11.6 Å². The zero-order valence-electron chi connectivity index (χ0n) is 12.7. The summed E-state index contributed by atoms with van der Waals surface area (Å²) in [5, 5.41) is 15.0. The standard InChI is InChI=1S/C18H18ClFN2O/c1-21-11-17(23)18(13-8-14(19)10-15(20)9-13)22-7-6-12-4-2-3-5-16(12)22/h2-10,17-18,21,23H,11H2,1H3/t17-,18+/m1/s1. The van der Waals surface area contributed by atoms with Crippen LogP contribution in [0.15, 0.2) is 54.7 Å². The van der Waals surface area contributed by atoms with Gasteiger partial charge in [0, 0.05) is 23.3 Å². The number of aliphatic hydroxyl groups is 1. The monoisotopic (exact) mass is 332 g/mol. The van der Waals surface area contributed by atoms with Crippen molar-refractivity contribution >= 4 is 22.5 Å². The number of halogens is 2. The van der Waals surface area contributed by atoms with Crippen LogP contribution in [0.4, 0.5) is 4.39 Å². The predicted molar refractivity (Wildman–Crippen MR) is 91.4 cm³/mol. The van der Waals surface area contributed by atoms with E-state index < -0.39 is 18.0 Å². The Bertz CT molecular complexity index is 797. The molecule has 3 aromatic rings. The van der Waals surface area contributed by atoms with Crippen molar-refractivity contribution in [2.45, 2.75) is 12.1 Å². The van der Waals surface area contributed by atoms with Crippen molar-refractivity contribution in [3.05, 3.63) is 71.1 Å². The highest BCUT2D eigenvalue weighted by molar-refractivity contribution is 6.30. The summed E-state index contributed by atoms with van der Waals surface area (Å²) in [7, 11) is 1.77. The van der Waals surface area contributed by atoms with Gasteiger partial charge in [-0.1, -0.05) is 29.8 Å². The number of fused-ring (bicyclic) bond motifs is 1. The van der Waals surface area contributed by atoms with Gasteiger partial charge in [-0.25, -0.2) is 4.39 Å². The van der Waals surface area contributed by atoms with E-state index in [0.717, 1.165) is 10.9 Å². The lowest BCUT2D eigenvalue weighted by Crippen LogP contribution is -2.33. The minimum Gasteiger partial charge on any atom is -0.389 e. The number of nitrogens with one attached hydrogen (secondary N) is 1. The average molecular weight is 333 g/mol. The maximum atomic E-state index is 13.8. The third kappa shape index (κ3) is 3.24. The first kappa shape index (κ1) is 16.0. The fraction of sp³-hybridized carbons (Fsp3) is 0.222. The quantitative estimate of drug-likeness (QED) is 0.749. The van der Waals surface area contributed by atoms with Gasteiger partial charge in [0.2, 0.25) is 0 Å². The number of benzene rings is 2. The smallest absolute Gasteiger partial charge is 0.125 e. The Morgan fingerprint density at radius 3 is 2.74 bits per heavy atom. The van der Waals surface area contributed by atoms with Gasteiger partial charge >= 0.3 is 0 Å². The lowest BCUT2D eigenvalue weighted by atomic mass is 10.0. The first-order valence-corrected chi connectivity index (χ1v) is 7.82. The number of para-hydroxylation sites is 1. The number of likely N-dealkylation sites (N-methyl/N-ethyl adjacent to an activating group) is 1. The van der Waals surface area contributed by atoms with E-state index in [9.17, 15) is 9.50 Å². The fourth-order valence-electron chi connectivity index (χ4n) is 2.98. The molecule has 0 aliphatic rings. The fourth-order valence-corrected chi connectivity index (χ4v) is 3.21. The zero-order chi connectivity index (χ0) is 16.4. The van der Waals surface area contributed by atoms with Gasteiger partial charge in [-0.3, -0.25) is 0 Å². The van der Waals surface area contributed by atoms with E-state index in [1.54, 1.807) is 13.1 Å². The summed E-state index contributed by atoms with van der Waals surface area (Å²) in [6, 6.07) is 13.8. The van der Waals surface area contributed by atoms with Crippen LogP contribution in [0.1, 0.15) is 11.6 Å². The van der Waals surface area contributed by atoms with Crippen molar-refractivity contribution in [2.24, 2.45) is 0 Å². The number of rotatable bonds is 5. The van der Waals surface area contributed by atoms with Gasteiger partial charge in [-0.2, -0.15) is 0 Å². The first-order valence-electron chi connectivity index (χ1n) is 7.44. The molecule has 5 heteroatoms. The highest BCUT2D eigenvalue weighted by atomic mass is 35.5. The molecule has 0 bridgehead atoms. The first-order chi connectivity index (χ1) is 11.1. The molecule has 2 aromatic carbocycles. The predicted octanol–water partition coefficient (Wildman–Crippen LogP) is 3.60. The molecule has 0 saturated heterocycles. The molecule has 1 heterocycles. The maximum Gasteiger partial charge on any atom is 0.125 e. The van der Waals surface area contributed by atoms with Crippen LogP contribution in [0.25, 0.3) is 10.9 Å². The molecule has 0 unspecified atom stereocenters. The van der Waals surface area contributed by atoms with Crippen LogP contribution in [0, 0.1) is 5.82 Å². The molecule has 3 nitrogen and oxygen atoms in total. The molecule has 1 aromatic heterocycles. The van der Waals surface area contributed by atoms with Gasteiger partial charge < -0.3 is 15.0 Å². The molecule has 0 aliphatic carbocycles. The Hall–Kier alpha value is -1.88. The van der Waals surface area contributed by atoms with Crippen LogP contribution in [0.2, 0.25) is 5.02 Å². The van der Waals surface area contributed by atoms with Gasteiger partial charge in [0.05, 0.1) is 12.1 Å². The number of nitrogens with zero attached hydrogens (tertiary/aromatic N) is 1. The second kappa shape index (κ2) is 6.71. The summed E-state index contributed by atoms with van der Waals surface area (Å²) >= 11 is 6.01. The van der Waals surface area contributed by atoms with Gasteiger partial charge in [0.15, 0.2) is 0 Å². The number of hydrogen-bond acceptors (Lipinski definition) is 2. The topological polar surface area (TPSA) is 37.2 Å². The van der Waals surface area contributed by atoms with Crippen molar-refractivity contribution in [1.82, 2.24) is 9.88 Å². The van der Waals surface area contributed by atoms with E-state index in [-0.39, 0.29) is 0 Å². The van der Waals surface area contributed by atoms with Crippen LogP contribution >= 0.6 is 11.6 Å². The van der Waals surface area contributed by atoms with Crippen LogP contribution in [0.3, 0.4) is 0 Å². The summed E-state index contributed by atoms with van der Waals surface area (Å²) < 4.78 is 15.8. The Balaban J connectivity index is 2.15. The van der Waals surface area contributed by atoms with Crippen LogP contribution in [-0.2, 0) is 0 Å². The molecule has 2 N–H and O–H groups in total. The minimum absolute atomic E-state index is 0.318. The highest BCUT2D eigenvalue weighted by Crippen LogP contribution is 2.30. The van der Waals surface area contributed by atoms with Crippen molar-refractivity contribution in [3.63, 3.8) is 0 Å². The van der Waals surface area contributed by atoms with E-state index >= 15 is 0 Å².